The molecule has 0 aliphatic carbocycles. The zero-order valence-corrected chi connectivity index (χ0v) is 11.3. The Morgan fingerprint density at radius 3 is 2.47 bits per heavy atom. The van der Waals surface area contributed by atoms with Crippen molar-refractivity contribution in [2.24, 2.45) is 5.41 Å². The molecule has 2 aliphatic rings. The van der Waals surface area contributed by atoms with Crippen molar-refractivity contribution >= 4 is 6.16 Å². The van der Waals surface area contributed by atoms with Crippen molar-refractivity contribution < 1.29 is 28.8 Å². The van der Waals surface area contributed by atoms with Gasteiger partial charge in [0.2, 0.25) is 0 Å². The van der Waals surface area contributed by atoms with Crippen molar-refractivity contribution in [1.82, 2.24) is 0 Å². The highest BCUT2D eigenvalue weighted by molar-refractivity contribution is 5.66. The van der Waals surface area contributed by atoms with Gasteiger partial charge in [0.25, 0.3) is 0 Å². The van der Waals surface area contributed by atoms with E-state index in [-0.39, 0.29) is 17.8 Å². The topological polar surface area (TPSA) is 74.2 Å². The monoisotopic (exact) mass is 272 g/mol. The van der Waals surface area contributed by atoms with Gasteiger partial charge >= 0.3 is 6.16 Å². The van der Waals surface area contributed by atoms with E-state index in [4.69, 9.17) is 18.9 Å². The molecule has 6 heteroatoms. The Morgan fingerprint density at radius 1 is 1.42 bits per heavy atom. The molecule has 0 aromatic heterocycles. The summed E-state index contributed by atoms with van der Waals surface area (Å²) in [6, 6.07) is 0. The second-order valence-corrected chi connectivity index (χ2v) is 5.38. The van der Waals surface area contributed by atoms with Gasteiger partial charge in [-0.1, -0.05) is 13.5 Å². The van der Waals surface area contributed by atoms with Crippen LogP contribution < -0.4 is 0 Å². The van der Waals surface area contributed by atoms with Crippen LogP contribution in [0.4, 0.5) is 4.79 Å². The molecule has 2 rings (SSSR count). The number of aliphatic hydroxyl groups is 1. The number of hydrogen-bond donors (Lipinski definition) is 1. The standard InChI is InChI=1S/C13H20O6/c1-4-13(6-14)7-16-10(17-8-13)5-12(3)9(2)18-11(15)19-12/h10,14H,2,4-8H2,1,3H3. The Morgan fingerprint density at radius 2 is 2.05 bits per heavy atom. The number of carbonyl (C=O) groups excluding carboxylic acids is 1. The lowest BCUT2D eigenvalue weighted by molar-refractivity contribution is -0.248. The molecule has 108 valence electrons. The number of aliphatic hydroxyl groups excluding tert-OH is 1. The van der Waals surface area contributed by atoms with Gasteiger partial charge in [0, 0.05) is 11.8 Å². The van der Waals surface area contributed by atoms with Crippen LogP contribution in [0.15, 0.2) is 12.3 Å². The van der Waals surface area contributed by atoms with Gasteiger partial charge in [-0.25, -0.2) is 4.79 Å². The van der Waals surface area contributed by atoms with E-state index in [1.807, 2.05) is 6.92 Å². The van der Waals surface area contributed by atoms with Crippen LogP contribution in [-0.4, -0.2) is 43.0 Å². The summed E-state index contributed by atoms with van der Waals surface area (Å²) >= 11 is 0. The van der Waals surface area contributed by atoms with E-state index in [0.29, 0.717) is 19.6 Å². The molecule has 2 heterocycles. The molecule has 1 N–H and O–H groups in total. The minimum Gasteiger partial charge on any atom is -0.419 e. The third-order valence-corrected chi connectivity index (χ3v) is 3.90. The minimum atomic E-state index is -0.923. The summed E-state index contributed by atoms with van der Waals surface area (Å²) in [5.41, 5.74) is -1.26. The summed E-state index contributed by atoms with van der Waals surface area (Å²) in [7, 11) is 0. The third kappa shape index (κ3) is 2.75. The third-order valence-electron chi connectivity index (χ3n) is 3.90. The van der Waals surface area contributed by atoms with Crippen molar-refractivity contribution in [3.05, 3.63) is 12.3 Å². The first-order valence-electron chi connectivity index (χ1n) is 6.37. The van der Waals surface area contributed by atoms with E-state index < -0.39 is 18.0 Å². The van der Waals surface area contributed by atoms with Crippen LogP contribution in [0, 0.1) is 5.41 Å². The Bertz CT molecular complexity index is 365. The summed E-state index contributed by atoms with van der Waals surface area (Å²) in [4.78, 5) is 11.1. The maximum atomic E-state index is 11.1. The Hall–Kier alpha value is -1.11. The van der Waals surface area contributed by atoms with Gasteiger partial charge in [-0.2, -0.15) is 0 Å². The molecule has 0 aromatic carbocycles. The fourth-order valence-electron chi connectivity index (χ4n) is 2.10. The molecule has 6 nitrogen and oxygen atoms in total. The molecule has 0 aromatic rings. The first-order chi connectivity index (χ1) is 8.93. The zero-order chi connectivity index (χ0) is 14.1. The molecule has 0 radical (unpaired) electrons. The number of ether oxygens (including phenoxy) is 4. The molecule has 0 spiro atoms. The molecule has 19 heavy (non-hydrogen) atoms. The van der Waals surface area contributed by atoms with E-state index in [9.17, 15) is 9.90 Å². The lowest BCUT2D eigenvalue weighted by Gasteiger charge is -2.39. The number of hydrogen-bond acceptors (Lipinski definition) is 6. The molecule has 2 fully saturated rings. The summed E-state index contributed by atoms with van der Waals surface area (Å²) < 4.78 is 21.1. The maximum Gasteiger partial charge on any atom is 0.514 e. The van der Waals surface area contributed by atoms with Crippen LogP contribution in [-0.2, 0) is 18.9 Å². The van der Waals surface area contributed by atoms with Crippen molar-refractivity contribution in [2.75, 3.05) is 19.8 Å². The molecule has 2 aliphatic heterocycles. The molecule has 0 saturated carbocycles. The van der Waals surface area contributed by atoms with Gasteiger partial charge in [-0.15, -0.1) is 0 Å². The van der Waals surface area contributed by atoms with Crippen molar-refractivity contribution in [3.8, 4) is 0 Å². The first kappa shape index (κ1) is 14.3. The second kappa shape index (κ2) is 5.11. The number of carbonyl (C=O) groups is 1. The van der Waals surface area contributed by atoms with E-state index >= 15 is 0 Å². The van der Waals surface area contributed by atoms with Gasteiger partial charge < -0.3 is 24.1 Å². The van der Waals surface area contributed by atoms with Crippen LogP contribution in [0.3, 0.4) is 0 Å². The second-order valence-electron chi connectivity index (χ2n) is 5.38. The van der Waals surface area contributed by atoms with Gasteiger partial charge in [0.05, 0.1) is 19.8 Å². The predicted octanol–water partition coefficient (Wildman–Crippen LogP) is 1.58. The zero-order valence-electron chi connectivity index (χ0n) is 11.3. The quantitative estimate of drug-likeness (QED) is 0.783. The molecule has 1 unspecified atom stereocenters. The van der Waals surface area contributed by atoms with Gasteiger partial charge in [0.1, 0.15) is 5.76 Å². The average Bonchev–Trinajstić information content (AvgIpc) is 2.64. The largest absolute Gasteiger partial charge is 0.514 e. The van der Waals surface area contributed by atoms with Gasteiger partial charge in [-0.05, 0) is 13.3 Å². The van der Waals surface area contributed by atoms with Crippen molar-refractivity contribution in [1.29, 1.82) is 0 Å². The normalized spacial score (nSPS) is 39.0. The molecule has 2 saturated heterocycles. The summed E-state index contributed by atoms with van der Waals surface area (Å²) in [6.07, 6.45) is -0.148. The van der Waals surface area contributed by atoms with Crippen LogP contribution in [0.25, 0.3) is 0 Å². The molecule has 0 amide bonds. The molecule has 0 bridgehead atoms. The lowest BCUT2D eigenvalue weighted by Crippen LogP contribution is -2.46. The van der Waals surface area contributed by atoms with Crippen molar-refractivity contribution in [2.45, 2.75) is 38.6 Å². The van der Waals surface area contributed by atoms with Crippen LogP contribution in [0.5, 0.6) is 0 Å². The highest BCUT2D eigenvalue weighted by atomic mass is 16.8. The lowest BCUT2D eigenvalue weighted by atomic mass is 9.87. The van der Waals surface area contributed by atoms with Gasteiger partial charge in [-0.3, -0.25) is 0 Å². The molecular formula is C13H20O6. The Kier molecular flexibility index (Phi) is 3.85. The summed E-state index contributed by atoms with van der Waals surface area (Å²) in [6.45, 7) is 8.22. The first-order valence-corrected chi connectivity index (χ1v) is 6.37. The Labute approximate surface area is 112 Å². The average molecular weight is 272 g/mol. The predicted molar refractivity (Wildman–Crippen MR) is 65.2 cm³/mol. The Balaban J connectivity index is 1.93. The summed E-state index contributed by atoms with van der Waals surface area (Å²) in [5.74, 6) is 0.263. The molecular weight excluding hydrogens is 252 g/mol. The van der Waals surface area contributed by atoms with Crippen LogP contribution in [0.1, 0.15) is 26.7 Å². The van der Waals surface area contributed by atoms with E-state index in [1.165, 1.54) is 0 Å². The van der Waals surface area contributed by atoms with Gasteiger partial charge in [0.15, 0.2) is 11.9 Å². The minimum absolute atomic E-state index is 0.0261. The molecule has 1 atom stereocenters. The smallest absolute Gasteiger partial charge is 0.419 e. The fraction of sp³-hybridized carbons (Fsp3) is 0.769. The highest BCUT2D eigenvalue weighted by Gasteiger charge is 2.46. The van der Waals surface area contributed by atoms with Crippen molar-refractivity contribution in [3.63, 3.8) is 0 Å². The van der Waals surface area contributed by atoms with Crippen LogP contribution >= 0.6 is 0 Å². The summed E-state index contributed by atoms with van der Waals surface area (Å²) in [5, 5.41) is 9.38. The maximum absolute atomic E-state index is 11.1. The highest BCUT2D eigenvalue weighted by Crippen LogP contribution is 2.37. The van der Waals surface area contributed by atoms with E-state index in [0.717, 1.165) is 6.42 Å². The number of rotatable bonds is 4. The van der Waals surface area contributed by atoms with E-state index in [2.05, 4.69) is 6.58 Å². The van der Waals surface area contributed by atoms with Crippen LogP contribution in [0.2, 0.25) is 0 Å². The fourth-order valence-corrected chi connectivity index (χ4v) is 2.10. The SMILES string of the molecule is C=C1OC(=O)OC1(C)CC1OCC(CC)(CO)CO1. The number of cyclic esters (lactones) is 2. The van der Waals surface area contributed by atoms with E-state index in [1.54, 1.807) is 6.92 Å².